The number of hydrogen-bond donors (Lipinski definition) is 1. The van der Waals surface area contributed by atoms with Crippen LogP contribution in [-0.4, -0.2) is 34.9 Å². The molecule has 0 saturated heterocycles. The first-order valence-electron chi connectivity index (χ1n) is 7.80. The predicted molar refractivity (Wildman–Crippen MR) is 87.1 cm³/mol. The van der Waals surface area contributed by atoms with Gasteiger partial charge in [-0.2, -0.15) is 0 Å². The molecule has 0 bridgehead atoms. The Bertz CT molecular complexity index is 919. The van der Waals surface area contributed by atoms with E-state index in [1.807, 2.05) is 0 Å². The van der Waals surface area contributed by atoms with Gasteiger partial charge < -0.3 is 14.9 Å². The van der Waals surface area contributed by atoms with Gasteiger partial charge in [-0.25, -0.2) is 4.79 Å². The molecule has 2 heterocycles. The van der Waals surface area contributed by atoms with Gasteiger partial charge in [0, 0.05) is 0 Å². The van der Waals surface area contributed by atoms with Crippen LogP contribution in [0, 0.1) is 0 Å². The number of fused-ring (bicyclic) bond motifs is 2. The molecule has 26 heavy (non-hydrogen) atoms. The average Bonchev–Trinajstić information content (AvgIpc) is 2.88. The number of para-hydroxylation sites is 2. The Morgan fingerprint density at radius 1 is 1.00 bits per heavy atom. The molecular formula is C18H12N2O6. The number of rotatable bonds is 3. The molecule has 2 aliphatic rings. The van der Waals surface area contributed by atoms with Gasteiger partial charge in [-0.05, 0) is 24.3 Å². The standard InChI is InChI=1S/C18H12N2O6/c21-15(9-14-16(22)19-12-7-3-4-8-13(12)25-14)26-20-17(23)10-5-1-2-6-11(10)18(20)24/h1-8,14H,9H2,(H,19,22). The Hall–Kier alpha value is -3.68. The van der Waals surface area contributed by atoms with Crippen LogP contribution in [0.1, 0.15) is 27.1 Å². The van der Waals surface area contributed by atoms with E-state index in [4.69, 9.17) is 9.57 Å². The molecule has 0 saturated carbocycles. The van der Waals surface area contributed by atoms with Gasteiger partial charge >= 0.3 is 5.97 Å². The van der Waals surface area contributed by atoms with Gasteiger partial charge in [-0.3, -0.25) is 14.4 Å². The largest absolute Gasteiger partial charge is 0.478 e. The highest BCUT2D eigenvalue weighted by molar-refractivity contribution is 6.20. The van der Waals surface area contributed by atoms with E-state index in [-0.39, 0.29) is 11.1 Å². The highest BCUT2D eigenvalue weighted by Gasteiger charge is 2.39. The van der Waals surface area contributed by atoms with Crippen LogP contribution in [0.3, 0.4) is 0 Å². The van der Waals surface area contributed by atoms with E-state index >= 15 is 0 Å². The summed E-state index contributed by atoms with van der Waals surface area (Å²) in [5.74, 6) is -2.47. The van der Waals surface area contributed by atoms with Crippen molar-refractivity contribution in [1.82, 2.24) is 5.06 Å². The van der Waals surface area contributed by atoms with E-state index in [1.54, 1.807) is 36.4 Å². The van der Waals surface area contributed by atoms with Gasteiger partial charge in [0.2, 0.25) is 0 Å². The van der Waals surface area contributed by atoms with Crippen LogP contribution < -0.4 is 10.1 Å². The summed E-state index contributed by atoms with van der Waals surface area (Å²) in [7, 11) is 0. The Balaban J connectivity index is 1.45. The van der Waals surface area contributed by atoms with Gasteiger partial charge in [-0.15, -0.1) is 0 Å². The van der Waals surface area contributed by atoms with E-state index in [0.717, 1.165) is 0 Å². The number of amides is 3. The molecule has 2 aliphatic heterocycles. The average molecular weight is 352 g/mol. The second-order valence-corrected chi connectivity index (χ2v) is 5.71. The Morgan fingerprint density at radius 3 is 2.31 bits per heavy atom. The second kappa shape index (κ2) is 5.99. The number of benzene rings is 2. The third-order valence-corrected chi connectivity index (χ3v) is 4.01. The molecule has 2 aromatic carbocycles. The first-order valence-corrected chi connectivity index (χ1v) is 7.80. The van der Waals surface area contributed by atoms with Crippen molar-refractivity contribution in [2.24, 2.45) is 0 Å². The molecule has 8 heteroatoms. The van der Waals surface area contributed by atoms with Crippen LogP contribution in [0.25, 0.3) is 0 Å². The minimum atomic E-state index is -1.12. The van der Waals surface area contributed by atoms with Crippen molar-refractivity contribution in [3.8, 4) is 5.75 Å². The number of carbonyl (C=O) groups is 4. The molecule has 1 N–H and O–H groups in total. The van der Waals surface area contributed by atoms with Crippen LogP contribution >= 0.6 is 0 Å². The molecule has 0 fully saturated rings. The smallest absolute Gasteiger partial charge is 0.337 e. The summed E-state index contributed by atoms with van der Waals surface area (Å²) >= 11 is 0. The van der Waals surface area contributed by atoms with Gasteiger partial charge in [0.25, 0.3) is 17.7 Å². The highest BCUT2D eigenvalue weighted by atomic mass is 16.7. The number of nitrogens with zero attached hydrogens (tertiary/aromatic N) is 1. The third kappa shape index (κ3) is 2.57. The fourth-order valence-corrected chi connectivity index (χ4v) is 2.77. The molecule has 3 amide bonds. The SMILES string of the molecule is O=C(CC1Oc2ccccc2NC1=O)ON1C(=O)c2ccccc2C1=O. The van der Waals surface area contributed by atoms with E-state index in [1.165, 1.54) is 12.1 Å². The maximum atomic E-state index is 12.2. The number of ether oxygens (including phenoxy) is 1. The third-order valence-electron chi connectivity index (χ3n) is 4.01. The van der Waals surface area contributed by atoms with Gasteiger partial charge in [0.05, 0.1) is 23.2 Å². The van der Waals surface area contributed by atoms with Crippen LogP contribution in [0.5, 0.6) is 5.75 Å². The molecular weight excluding hydrogens is 340 g/mol. The minimum absolute atomic E-state index is 0.158. The number of hydroxylamine groups is 2. The van der Waals surface area contributed by atoms with Crippen LogP contribution in [-0.2, 0) is 14.4 Å². The number of imide groups is 1. The lowest BCUT2D eigenvalue weighted by atomic mass is 10.1. The van der Waals surface area contributed by atoms with Gasteiger partial charge in [0.1, 0.15) is 5.75 Å². The molecule has 1 atom stereocenters. The second-order valence-electron chi connectivity index (χ2n) is 5.71. The molecule has 2 aromatic rings. The van der Waals surface area contributed by atoms with E-state index < -0.39 is 36.2 Å². The monoisotopic (exact) mass is 352 g/mol. The van der Waals surface area contributed by atoms with Crippen molar-refractivity contribution in [3.05, 3.63) is 59.7 Å². The maximum absolute atomic E-state index is 12.2. The Morgan fingerprint density at radius 2 is 1.62 bits per heavy atom. The molecule has 0 radical (unpaired) electrons. The number of anilines is 1. The molecule has 130 valence electrons. The van der Waals surface area contributed by atoms with Crippen molar-refractivity contribution in [2.45, 2.75) is 12.5 Å². The summed E-state index contributed by atoms with van der Waals surface area (Å²) in [6.07, 6.45) is -1.57. The molecule has 0 aliphatic carbocycles. The molecule has 1 unspecified atom stereocenters. The lowest BCUT2D eigenvalue weighted by Gasteiger charge is -2.25. The molecule has 4 rings (SSSR count). The lowest BCUT2D eigenvalue weighted by molar-refractivity contribution is -0.171. The Kier molecular flexibility index (Phi) is 3.65. The van der Waals surface area contributed by atoms with Crippen LogP contribution in [0.2, 0.25) is 0 Å². The highest BCUT2D eigenvalue weighted by Crippen LogP contribution is 2.30. The first-order chi connectivity index (χ1) is 12.5. The van der Waals surface area contributed by atoms with Crippen molar-refractivity contribution < 1.29 is 28.8 Å². The van der Waals surface area contributed by atoms with Crippen LogP contribution in [0.15, 0.2) is 48.5 Å². The number of nitrogens with one attached hydrogen (secondary N) is 1. The summed E-state index contributed by atoms with van der Waals surface area (Å²) in [4.78, 5) is 53.4. The lowest BCUT2D eigenvalue weighted by Crippen LogP contribution is -2.40. The van der Waals surface area contributed by atoms with E-state index in [0.29, 0.717) is 16.5 Å². The quantitative estimate of drug-likeness (QED) is 0.841. The summed E-state index contributed by atoms with van der Waals surface area (Å²) in [6, 6.07) is 12.9. The van der Waals surface area contributed by atoms with Crippen molar-refractivity contribution in [3.63, 3.8) is 0 Å². The van der Waals surface area contributed by atoms with E-state index in [2.05, 4.69) is 5.32 Å². The zero-order valence-electron chi connectivity index (χ0n) is 13.3. The van der Waals surface area contributed by atoms with Crippen LogP contribution in [0.4, 0.5) is 5.69 Å². The summed E-state index contributed by atoms with van der Waals surface area (Å²) < 4.78 is 5.49. The summed E-state index contributed by atoms with van der Waals surface area (Å²) in [5, 5.41) is 3.03. The number of carbonyl (C=O) groups excluding carboxylic acids is 4. The predicted octanol–water partition coefficient (Wildman–Crippen LogP) is 1.53. The maximum Gasteiger partial charge on any atom is 0.337 e. The zero-order valence-corrected chi connectivity index (χ0v) is 13.3. The fraction of sp³-hybridized carbons (Fsp3) is 0.111. The van der Waals surface area contributed by atoms with Crippen molar-refractivity contribution in [1.29, 1.82) is 0 Å². The summed E-state index contributed by atoms with van der Waals surface area (Å²) in [6.45, 7) is 0. The number of hydrogen-bond acceptors (Lipinski definition) is 6. The normalized spacial score (nSPS) is 17.9. The zero-order chi connectivity index (χ0) is 18.3. The van der Waals surface area contributed by atoms with Crippen molar-refractivity contribution in [2.75, 3.05) is 5.32 Å². The summed E-state index contributed by atoms with van der Waals surface area (Å²) in [5.41, 5.74) is 0.819. The Labute approximate surface area is 147 Å². The molecule has 0 spiro atoms. The van der Waals surface area contributed by atoms with Gasteiger partial charge in [0.15, 0.2) is 6.10 Å². The fourth-order valence-electron chi connectivity index (χ4n) is 2.77. The van der Waals surface area contributed by atoms with Crippen molar-refractivity contribution >= 4 is 29.4 Å². The topological polar surface area (TPSA) is 102 Å². The molecule has 0 aromatic heterocycles. The minimum Gasteiger partial charge on any atom is -0.478 e. The first kappa shape index (κ1) is 15.8. The van der Waals surface area contributed by atoms with Gasteiger partial charge in [-0.1, -0.05) is 29.3 Å². The van der Waals surface area contributed by atoms with E-state index in [9.17, 15) is 19.2 Å². The molecule has 8 nitrogen and oxygen atoms in total.